The summed E-state index contributed by atoms with van der Waals surface area (Å²) in [4.78, 5) is 4.20. The van der Waals surface area contributed by atoms with Crippen LogP contribution in [0.1, 0.15) is 36.9 Å². The standard InChI is InChI=1S/C34H42N6.2BrH/c1-37(2)31-20-15-29(16-21-31)17-22-33-13-7-11-26-39(33)25-9-5-6-10-27-40-28-12-8-14-34(40)36-35-30-18-23-32(24-19-30)38(3)4;;/h7-8,11-24,26,28H,5-6,9-10,25,27H2,1-4H3;2*1H/q+2;;/p-2. The zero-order valence-electron chi connectivity index (χ0n) is 25.1. The number of pyridine rings is 2. The number of benzene rings is 2. The molecule has 42 heavy (non-hydrogen) atoms. The third-order valence-electron chi connectivity index (χ3n) is 6.93. The number of unbranched alkanes of at least 4 members (excludes halogenated alkanes) is 3. The lowest BCUT2D eigenvalue weighted by atomic mass is 10.1. The highest BCUT2D eigenvalue weighted by atomic mass is 79.9. The number of hydrogen-bond acceptors (Lipinski definition) is 4. The molecule has 0 spiro atoms. The summed E-state index contributed by atoms with van der Waals surface area (Å²) in [5, 5.41) is 8.99. The fraction of sp³-hybridized carbons (Fsp3) is 0.294. The molecule has 0 unspecified atom stereocenters. The van der Waals surface area contributed by atoms with Crippen molar-refractivity contribution in [3.63, 3.8) is 0 Å². The van der Waals surface area contributed by atoms with Crippen LogP contribution in [0, 0.1) is 0 Å². The summed E-state index contributed by atoms with van der Waals surface area (Å²) >= 11 is 0. The average Bonchev–Trinajstić information content (AvgIpc) is 2.98. The second-order valence-electron chi connectivity index (χ2n) is 10.4. The van der Waals surface area contributed by atoms with Crippen molar-refractivity contribution in [3.05, 3.63) is 109 Å². The van der Waals surface area contributed by atoms with E-state index in [1.54, 1.807) is 0 Å². The number of aromatic nitrogens is 2. The van der Waals surface area contributed by atoms with Gasteiger partial charge in [-0.15, -0.1) is 0 Å². The Hall–Kier alpha value is -3.36. The van der Waals surface area contributed by atoms with Gasteiger partial charge in [0.2, 0.25) is 5.69 Å². The zero-order valence-corrected chi connectivity index (χ0v) is 28.2. The minimum absolute atomic E-state index is 0. The van der Waals surface area contributed by atoms with Gasteiger partial charge in [0.15, 0.2) is 6.20 Å². The van der Waals surface area contributed by atoms with Crippen LogP contribution in [0.2, 0.25) is 0 Å². The van der Waals surface area contributed by atoms with Gasteiger partial charge in [-0.2, -0.15) is 4.57 Å². The highest BCUT2D eigenvalue weighted by Gasteiger charge is 2.10. The van der Waals surface area contributed by atoms with Crippen molar-refractivity contribution in [2.24, 2.45) is 10.2 Å². The van der Waals surface area contributed by atoms with Gasteiger partial charge in [0.25, 0.3) is 0 Å². The van der Waals surface area contributed by atoms with Gasteiger partial charge in [0, 0.05) is 70.3 Å². The van der Waals surface area contributed by atoms with Crippen LogP contribution >= 0.6 is 0 Å². The van der Waals surface area contributed by atoms with E-state index in [1.165, 1.54) is 29.8 Å². The fourth-order valence-corrected chi connectivity index (χ4v) is 4.50. The minimum atomic E-state index is 0. The Kier molecular flexibility index (Phi) is 15.1. The molecule has 222 valence electrons. The Bertz CT molecular complexity index is 1290. The lowest BCUT2D eigenvalue weighted by Crippen LogP contribution is -3.00. The molecule has 0 amide bonds. The Morgan fingerprint density at radius 1 is 0.571 bits per heavy atom. The normalized spacial score (nSPS) is 10.9. The first-order valence-electron chi connectivity index (χ1n) is 14.1. The molecular formula is C34H42Br2N6. The highest BCUT2D eigenvalue weighted by Crippen LogP contribution is 2.20. The summed E-state index contributed by atoms with van der Waals surface area (Å²) in [6, 6.07) is 29.3. The van der Waals surface area contributed by atoms with Crippen LogP contribution in [0.5, 0.6) is 0 Å². The van der Waals surface area contributed by atoms with Crippen molar-refractivity contribution in [1.29, 1.82) is 0 Å². The van der Waals surface area contributed by atoms with E-state index in [1.807, 2.05) is 38.4 Å². The number of rotatable bonds is 13. The average molecular weight is 695 g/mol. The van der Waals surface area contributed by atoms with Gasteiger partial charge in [-0.25, -0.2) is 4.57 Å². The second kappa shape index (κ2) is 18.2. The van der Waals surface area contributed by atoms with Crippen molar-refractivity contribution in [2.45, 2.75) is 38.8 Å². The molecule has 0 radical (unpaired) electrons. The van der Waals surface area contributed by atoms with Gasteiger partial charge in [0.05, 0.1) is 17.9 Å². The first kappa shape index (κ1) is 34.8. The summed E-state index contributed by atoms with van der Waals surface area (Å²) in [7, 11) is 8.20. The van der Waals surface area contributed by atoms with E-state index in [0.29, 0.717) is 0 Å². The largest absolute Gasteiger partial charge is 1.00 e. The van der Waals surface area contributed by atoms with Gasteiger partial charge in [0.1, 0.15) is 12.2 Å². The molecule has 0 saturated carbocycles. The van der Waals surface area contributed by atoms with Crippen molar-refractivity contribution in [2.75, 3.05) is 38.0 Å². The van der Waals surface area contributed by atoms with E-state index in [4.69, 9.17) is 0 Å². The predicted molar refractivity (Wildman–Crippen MR) is 166 cm³/mol. The van der Waals surface area contributed by atoms with Crippen molar-refractivity contribution in [1.82, 2.24) is 0 Å². The number of halogens is 2. The number of hydrogen-bond donors (Lipinski definition) is 0. The molecule has 2 heterocycles. The Labute approximate surface area is 272 Å². The molecule has 0 bridgehead atoms. The molecule has 0 fully saturated rings. The molecule has 4 aromatic rings. The van der Waals surface area contributed by atoms with Crippen LogP contribution in [-0.4, -0.2) is 28.2 Å². The van der Waals surface area contributed by atoms with E-state index in [-0.39, 0.29) is 34.0 Å². The number of azo groups is 1. The Balaban J connectivity index is 0.00000308. The summed E-state index contributed by atoms with van der Waals surface area (Å²) in [5.41, 5.74) is 5.66. The summed E-state index contributed by atoms with van der Waals surface area (Å²) in [6.45, 7) is 1.96. The number of aryl methyl sites for hydroxylation is 2. The summed E-state index contributed by atoms with van der Waals surface area (Å²) in [5.74, 6) is 0.881. The molecule has 0 N–H and O–H groups in total. The smallest absolute Gasteiger partial charge is 0.350 e. The van der Waals surface area contributed by atoms with Gasteiger partial charge >= 0.3 is 5.82 Å². The fourth-order valence-electron chi connectivity index (χ4n) is 4.50. The van der Waals surface area contributed by atoms with E-state index in [2.05, 4.69) is 128 Å². The summed E-state index contributed by atoms with van der Waals surface area (Å²) < 4.78 is 4.54. The zero-order chi connectivity index (χ0) is 28.2. The van der Waals surface area contributed by atoms with Crippen molar-refractivity contribution >= 4 is 35.0 Å². The van der Waals surface area contributed by atoms with E-state index in [0.717, 1.165) is 43.1 Å². The molecule has 8 heteroatoms. The number of nitrogens with zero attached hydrogens (tertiary/aromatic N) is 6. The lowest BCUT2D eigenvalue weighted by Gasteiger charge is -2.11. The maximum atomic E-state index is 4.53. The highest BCUT2D eigenvalue weighted by molar-refractivity contribution is 5.68. The SMILES string of the molecule is CN(C)c1ccc(/C=C/c2cccc[n+]2CCCCCC[n+]2ccccc2N=Nc2ccc(N(C)C)cc2)cc1.[Br-].[Br-]. The minimum Gasteiger partial charge on any atom is -1.00 e. The predicted octanol–water partition coefficient (Wildman–Crippen LogP) is 1.25. The van der Waals surface area contributed by atoms with E-state index >= 15 is 0 Å². The molecule has 0 aliphatic rings. The van der Waals surface area contributed by atoms with Crippen LogP contribution in [0.15, 0.2) is 108 Å². The van der Waals surface area contributed by atoms with Crippen molar-refractivity contribution in [3.8, 4) is 0 Å². The van der Waals surface area contributed by atoms with Gasteiger partial charge in [-0.05, 0) is 84.5 Å². The topological polar surface area (TPSA) is 39.0 Å². The summed E-state index contributed by atoms with van der Waals surface area (Å²) in [6.07, 6.45) is 13.3. The molecule has 0 aliphatic carbocycles. The molecule has 6 nitrogen and oxygen atoms in total. The van der Waals surface area contributed by atoms with Crippen LogP contribution < -0.4 is 52.9 Å². The molecule has 2 aromatic carbocycles. The van der Waals surface area contributed by atoms with Gasteiger partial charge in [-0.1, -0.05) is 18.2 Å². The first-order chi connectivity index (χ1) is 19.5. The van der Waals surface area contributed by atoms with Crippen LogP contribution in [-0.2, 0) is 13.1 Å². The molecule has 2 aromatic heterocycles. The molecule has 0 atom stereocenters. The van der Waals surface area contributed by atoms with E-state index < -0.39 is 0 Å². The lowest BCUT2D eigenvalue weighted by molar-refractivity contribution is -0.699. The maximum Gasteiger partial charge on any atom is 0.350 e. The second-order valence-corrected chi connectivity index (χ2v) is 10.4. The van der Waals surface area contributed by atoms with Crippen LogP contribution in [0.3, 0.4) is 0 Å². The van der Waals surface area contributed by atoms with Crippen LogP contribution in [0.4, 0.5) is 22.9 Å². The van der Waals surface area contributed by atoms with Gasteiger partial charge < -0.3 is 43.8 Å². The third-order valence-corrected chi connectivity index (χ3v) is 6.93. The quantitative estimate of drug-likeness (QED) is 0.120. The molecule has 0 saturated heterocycles. The van der Waals surface area contributed by atoms with Crippen molar-refractivity contribution < 1.29 is 43.1 Å². The van der Waals surface area contributed by atoms with Crippen LogP contribution in [0.25, 0.3) is 12.2 Å². The first-order valence-corrected chi connectivity index (χ1v) is 14.1. The van der Waals surface area contributed by atoms with E-state index in [9.17, 15) is 0 Å². The Morgan fingerprint density at radius 2 is 1.12 bits per heavy atom. The monoisotopic (exact) mass is 692 g/mol. The maximum absolute atomic E-state index is 4.53. The third kappa shape index (κ3) is 10.8. The molecule has 0 aliphatic heterocycles. The molecular weight excluding hydrogens is 652 g/mol. The molecule has 4 rings (SSSR count). The Morgan fingerprint density at radius 3 is 1.74 bits per heavy atom. The number of anilines is 2. The van der Waals surface area contributed by atoms with Gasteiger partial charge in [-0.3, -0.25) is 0 Å².